The number of aromatic amines is 1. The van der Waals surface area contributed by atoms with Crippen LogP contribution < -0.4 is 10.1 Å². The van der Waals surface area contributed by atoms with Crippen molar-refractivity contribution in [3.8, 4) is 5.75 Å². The number of ketones is 2. The molecule has 2 aromatic carbocycles. The third-order valence-electron chi connectivity index (χ3n) is 6.51. The van der Waals surface area contributed by atoms with E-state index in [-0.39, 0.29) is 11.6 Å². The number of Topliss-reactive ketones (excluding diaryl/α,β-unsaturated/α-hetero) is 2. The fourth-order valence-electron chi connectivity index (χ4n) is 4.91. The number of rotatable bonds is 3. The first-order valence-corrected chi connectivity index (χ1v) is 10.6. The molecule has 2 aliphatic rings. The Morgan fingerprint density at radius 1 is 1.23 bits per heavy atom. The van der Waals surface area contributed by atoms with Gasteiger partial charge in [-0.3, -0.25) is 14.7 Å². The number of carbonyl (C=O) groups is 2. The van der Waals surface area contributed by atoms with Crippen molar-refractivity contribution < 1.29 is 14.3 Å². The molecule has 1 spiro atoms. The van der Waals surface area contributed by atoms with E-state index in [0.29, 0.717) is 29.7 Å². The van der Waals surface area contributed by atoms with E-state index in [1.54, 1.807) is 12.3 Å². The van der Waals surface area contributed by atoms with Crippen LogP contribution in [0.1, 0.15) is 51.6 Å². The van der Waals surface area contributed by atoms with Crippen molar-refractivity contribution in [3.05, 3.63) is 58.8 Å². The van der Waals surface area contributed by atoms with E-state index in [1.807, 2.05) is 38.1 Å². The predicted molar refractivity (Wildman–Crippen MR) is 114 cm³/mol. The van der Waals surface area contributed by atoms with Crippen LogP contribution in [0.5, 0.6) is 5.75 Å². The highest BCUT2D eigenvalue weighted by Crippen LogP contribution is 2.44. The lowest BCUT2D eigenvalue weighted by Gasteiger charge is -2.45. The number of aromatic nitrogens is 2. The smallest absolute Gasteiger partial charge is 0.181 e. The van der Waals surface area contributed by atoms with E-state index in [1.165, 1.54) is 0 Å². The molecule has 30 heavy (non-hydrogen) atoms. The maximum Gasteiger partial charge on any atom is 0.181 e. The van der Waals surface area contributed by atoms with Crippen molar-refractivity contribution in [1.29, 1.82) is 0 Å². The predicted octanol–water partition coefficient (Wildman–Crippen LogP) is 3.63. The monoisotopic (exact) mass is 403 g/mol. The summed E-state index contributed by atoms with van der Waals surface area (Å²) in [7, 11) is 0. The van der Waals surface area contributed by atoms with Crippen LogP contribution in [0.15, 0.2) is 36.5 Å². The summed E-state index contributed by atoms with van der Waals surface area (Å²) in [4.78, 5) is 27.5. The van der Waals surface area contributed by atoms with Crippen molar-refractivity contribution in [1.82, 2.24) is 15.5 Å². The quantitative estimate of drug-likeness (QED) is 0.515. The molecule has 0 aliphatic carbocycles. The number of ether oxygens (including phenoxy) is 1. The maximum atomic E-state index is 13.8. The molecule has 0 bridgehead atoms. The van der Waals surface area contributed by atoms with Gasteiger partial charge in [0.05, 0.1) is 17.3 Å². The van der Waals surface area contributed by atoms with Crippen LogP contribution in [0.25, 0.3) is 10.9 Å². The summed E-state index contributed by atoms with van der Waals surface area (Å²) >= 11 is 0. The van der Waals surface area contributed by atoms with Gasteiger partial charge in [0.2, 0.25) is 0 Å². The minimum atomic E-state index is -0.844. The van der Waals surface area contributed by atoms with Crippen molar-refractivity contribution in [3.63, 3.8) is 0 Å². The maximum absolute atomic E-state index is 13.8. The zero-order valence-electron chi connectivity index (χ0n) is 17.2. The fraction of sp³-hybridized carbons (Fsp3) is 0.375. The summed E-state index contributed by atoms with van der Waals surface area (Å²) in [5, 5.41) is 11.3. The van der Waals surface area contributed by atoms with Crippen LogP contribution in [0, 0.1) is 12.8 Å². The Hall–Kier alpha value is -2.99. The first-order valence-electron chi connectivity index (χ1n) is 10.6. The number of piperidine rings is 1. The topological polar surface area (TPSA) is 84.1 Å². The van der Waals surface area contributed by atoms with Gasteiger partial charge in [-0.15, -0.1) is 0 Å². The number of hydrogen-bond acceptors (Lipinski definition) is 5. The van der Waals surface area contributed by atoms with Crippen molar-refractivity contribution in [2.75, 3.05) is 13.1 Å². The lowest BCUT2D eigenvalue weighted by Crippen LogP contribution is -2.58. The molecule has 2 aliphatic heterocycles. The Labute approximate surface area is 175 Å². The van der Waals surface area contributed by atoms with Gasteiger partial charge in [0.25, 0.3) is 0 Å². The summed E-state index contributed by atoms with van der Waals surface area (Å²) in [5.41, 5.74) is 3.25. The molecular formula is C24H25N3O3. The minimum Gasteiger partial charge on any atom is -0.485 e. The second-order valence-corrected chi connectivity index (χ2v) is 8.40. The number of fused-ring (bicyclic) bond motifs is 2. The Morgan fingerprint density at radius 2 is 2.03 bits per heavy atom. The van der Waals surface area contributed by atoms with E-state index >= 15 is 0 Å². The van der Waals surface area contributed by atoms with Crippen LogP contribution in [-0.2, 0) is 6.42 Å². The molecule has 1 fully saturated rings. The van der Waals surface area contributed by atoms with Crippen LogP contribution in [0.3, 0.4) is 0 Å². The summed E-state index contributed by atoms with van der Waals surface area (Å²) in [6.07, 6.45) is 3.74. The minimum absolute atomic E-state index is 0.131. The standard InChI is InChI=1S/C24H25N3O3/c1-3-15-11-16(12-17-13-26-27-21(15)17)22(28)20-23(29)18-5-4-14(2)10-19(18)30-24(20)6-8-25-9-7-24/h4-5,10-13,20,25H,3,6-9H2,1-2H3,(H,26,27). The lowest BCUT2D eigenvalue weighted by molar-refractivity contribution is -0.0138. The molecular weight excluding hydrogens is 378 g/mol. The van der Waals surface area contributed by atoms with E-state index in [9.17, 15) is 9.59 Å². The average Bonchev–Trinajstić information content (AvgIpc) is 3.22. The van der Waals surface area contributed by atoms with Gasteiger partial charge in [0.15, 0.2) is 11.6 Å². The summed E-state index contributed by atoms with van der Waals surface area (Å²) in [5.74, 6) is -0.534. The van der Waals surface area contributed by atoms with Gasteiger partial charge in [-0.1, -0.05) is 13.0 Å². The third kappa shape index (κ3) is 2.86. The number of hydrogen-bond donors (Lipinski definition) is 2. The average molecular weight is 403 g/mol. The molecule has 3 aromatic rings. The Balaban J connectivity index is 1.64. The van der Waals surface area contributed by atoms with Crippen LogP contribution in [0.4, 0.5) is 0 Å². The third-order valence-corrected chi connectivity index (χ3v) is 6.51. The molecule has 1 atom stereocenters. The van der Waals surface area contributed by atoms with E-state index in [2.05, 4.69) is 15.5 Å². The molecule has 1 unspecified atom stereocenters. The normalized spacial score (nSPS) is 20.2. The molecule has 0 radical (unpaired) electrons. The fourth-order valence-corrected chi connectivity index (χ4v) is 4.91. The van der Waals surface area contributed by atoms with Crippen molar-refractivity contribution in [2.24, 2.45) is 5.92 Å². The molecule has 0 amide bonds. The Kier molecular flexibility index (Phi) is 4.47. The number of nitrogens with zero attached hydrogens (tertiary/aromatic N) is 1. The first-order chi connectivity index (χ1) is 14.5. The highest BCUT2D eigenvalue weighted by Gasteiger charge is 2.53. The first kappa shape index (κ1) is 19.0. The molecule has 3 heterocycles. The molecule has 154 valence electrons. The van der Waals surface area contributed by atoms with Gasteiger partial charge < -0.3 is 10.1 Å². The van der Waals surface area contributed by atoms with E-state index in [0.717, 1.165) is 41.5 Å². The molecule has 5 rings (SSSR count). The largest absolute Gasteiger partial charge is 0.485 e. The SMILES string of the molecule is CCc1cc(C(=O)C2C(=O)c3ccc(C)cc3OC23CCNCC3)cc2cn[nH]c12. The number of H-pyrrole nitrogens is 1. The van der Waals surface area contributed by atoms with Crippen molar-refractivity contribution in [2.45, 2.75) is 38.7 Å². The molecule has 1 saturated heterocycles. The number of carbonyl (C=O) groups excluding carboxylic acids is 2. The highest BCUT2D eigenvalue weighted by molar-refractivity contribution is 6.19. The summed E-state index contributed by atoms with van der Waals surface area (Å²) in [6, 6.07) is 9.33. The molecule has 6 heteroatoms. The molecule has 6 nitrogen and oxygen atoms in total. The Bertz CT molecular complexity index is 1160. The molecule has 0 saturated carbocycles. The van der Waals surface area contributed by atoms with Crippen LogP contribution in [0.2, 0.25) is 0 Å². The molecule has 2 N–H and O–H groups in total. The van der Waals surface area contributed by atoms with Crippen LogP contribution in [-0.4, -0.2) is 40.5 Å². The van der Waals surface area contributed by atoms with Gasteiger partial charge in [-0.05, 0) is 61.8 Å². The number of benzene rings is 2. The van der Waals surface area contributed by atoms with Gasteiger partial charge in [0.1, 0.15) is 17.3 Å². The second-order valence-electron chi connectivity index (χ2n) is 8.40. The Morgan fingerprint density at radius 3 is 2.80 bits per heavy atom. The zero-order valence-corrected chi connectivity index (χ0v) is 17.2. The molecule has 1 aromatic heterocycles. The van der Waals surface area contributed by atoms with E-state index < -0.39 is 11.5 Å². The number of aryl methyl sites for hydroxylation is 2. The number of nitrogens with one attached hydrogen (secondary N) is 2. The van der Waals surface area contributed by atoms with Gasteiger partial charge in [0, 0.05) is 23.8 Å². The summed E-state index contributed by atoms with van der Waals surface area (Å²) in [6.45, 7) is 5.47. The highest BCUT2D eigenvalue weighted by atomic mass is 16.5. The van der Waals surface area contributed by atoms with Gasteiger partial charge in [-0.25, -0.2) is 0 Å². The second kappa shape index (κ2) is 7.06. The lowest BCUT2D eigenvalue weighted by atomic mass is 9.70. The van der Waals surface area contributed by atoms with Gasteiger partial charge >= 0.3 is 0 Å². The zero-order chi connectivity index (χ0) is 20.9. The van der Waals surface area contributed by atoms with E-state index in [4.69, 9.17) is 4.74 Å². The summed E-state index contributed by atoms with van der Waals surface area (Å²) < 4.78 is 6.50. The van der Waals surface area contributed by atoms with Crippen LogP contribution >= 0.6 is 0 Å². The van der Waals surface area contributed by atoms with Crippen molar-refractivity contribution >= 4 is 22.5 Å². The van der Waals surface area contributed by atoms with Gasteiger partial charge in [-0.2, -0.15) is 5.10 Å².